The highest BCUT2D eigenvalue weighted by atomic mass is 32.2. The van der Waals surface area contributed by atoms with Crippen LogP contribution in [-0.4, -0.2) is 20.9 Å². The summed E-state index contributed by atoms with van der Waals surface area (Å²) < 4.78 is 28.4. The number of sulfonamides is 1. The van der Waals surface area contributed by atoms with Gasteiger partial charge in [0.25, 0.3) is 10.0 Å². The molecule has 1 amide bonds. The van der Waals surface area contributed by atoms with Crippen molar-refractivity contribution in [3.63, 3.8) is 0 Å². The zero-order chi connectivity index (χ0) is 22.1. The number of aryl methyl sites for hydroxylation is 1. The van der Waals surface area contributed by atoms with E-state index in [2.05, 4.69) is 39.3 Å². The van der Waals surface area contributed by atoms with E-state index >= 15 is 0 Å². The molecule has 0 radical (unpaired) electrons. The van der Waals surface area contributed by atoms with Gasteiger partial charge in [-0.3, -0.25) is 9.52 Å². The molecule has 1 aliphatic heterocycles. The van der Waals surface area contributed by atoms with Crippen LogP contribution in [0.5, 0.6) is 0 Å². The van der Waals surface area contributed by atoms with Crippen LogP contribution in [0.2, 0.25) is 0 Å². The van der Waals surface area contributed by atoms with Crippen LogP contribution >= 0.6 is 0 Å². The number of fused-ring (bicyclic) bond motifs is 1. The molecule has 3 rings (SSSR count). The quantitative estimate of drug-likeness (QED) is 0.695. The third-order valence-corrected chi connectivity index (χ3v) is 6.89. The van der Waals surface area contributed by atoms with Crippen molar-refractivity contribution in [2.24, 2.45) is 5.92 Å². The summed E-state index contributed by atoms with van der Waals surface area (Å²) in [7, 11) is -3.68. The van der Waals surface area contributed by atoms with Crippen molar-refractivity contribution in [2.75, 3.05) is 16.2 Å². The van der Waals surface area contributed by atoms with Crippen LogP contribution < -0.4 is 9.62 Å². The summed E-state index contributed by atoms with van der Waals surface area (Å²) in [6.07, 6.45) is 2.02. The Bertz CT molecular complexity index is 1020. The Morgan fingerprint density at radius 3 is 2.30 bits per heavy atom. The third kappa shape index (κ3) is 5.04. The molecule has 0 aliphatic carbocycles. The van der Waals surface area contributed by atoms with Crippen molar-refractivity contribution in [3.8, 4) is 0 Å². The molecule has 0 atom stereocenters. The fraction of sp³-hybridized carbons (Fsp3) is 0.458. The first-order valence-corrected chi connectivity index (χ1v) is 12.0. The van der Waals surface area contributed by atoms with Gasteiger partial charge >= 0.3 is 0 Å². The van der Waals surface area contributed by atoms with E-state index in [4.69, 9.17) is 0 Å². The molecule has 162 valence electrons. The van der Waals surface area contributed by atoms with Gasteiger partial charge in [0.1, 0.15) is 0 Å². The average Bonchev–Trinajstić information content (AvgIpc) is 2.66. The average molecular weight is 429 g/mol. The second-order valence-electron chi connectivity index (χ2n) is 9.45. The standard InChI is InChI=1S/C24H32N2O3S/c1-17(2)14-15-26-22-12-9-20(16-18(22)6-13-23(26)27)25-30(28,29)21-10-7-19(8-11-21)24(3,4)5/h7-12,16-17,25H,6,13-15H2,1-5H3. The summed E-state index contributed by atoms with van der Waals surface area (Å²) in [6.45, 7) is 11.3. The summed E-state index contributed by atoms with van der Waals surface area (Å²) in [5.74, 6) is 0.648. The number of nitrogens with one attached hydrogen (secondary N) is 1. The Hall–Kier alpha value is -2.34. The van der Waals surface area contributed by atoms with Gasteiger partial charge in [0.05, 0.1) is 4.90 Å². The van der Waals surface area contributed by atoms with Gasteiger partial charge < -0.3 is 4.90 Å². The molecule has 0 bridgehead atoms. The number of benzene rings is 2. The van der Waals surface area contributed by atoms with Crippen LogP contribution in [0.1, 0.15) is 58.6 Å². The van der Waals surface area contributed by atoms with Crippen molar-refractivity contribution in [1.82, 2.24) is 0 Å². The molecular weight excluding hydrogens is 396 g/mol. The molecule has 1 aliphatic rings. The zero-order valence-electron chi connectivity index (χ0n) is 18.5. The largest absolute Gasteiger partial charge is 0.312 e. The number of amides is 1. The fourth-order valence-electron chi connectivity index (χ4n) is 3.60. The summed E-state index contributed by atoms with van der Waals surface area (Å²) in [5, 5.41) is 0. The van der Waals surface area contributed by atoms with Crippen molar-refractivity contribution in [2.45, 2.75) is 64.2 Å². The molecule has 6 heteroatoms. The van der Waals surface area contributed by atoms with E-state index in [0.29, 0.717) is 31.0 Å². The number of carbonyl (C=O) groups excluding carboxylic acids is 1. The molecule has 1 N–H and O–H groups in total. The summed E-state index contributed by atoms with van der Waals surface area (Å²) in [4.78, 5) is 14.5. The maximum Gasteiger partial charge on any atom is 0.261 e. The fourth-order valence-corrected chi connectivity index (χ4v) is 4.65. The molecule has 30 heavy (non-hydrogen) atoms. The van der Waals surface area contributed by atoms with Crippen molar-refractivity contribution >= 4 is 27.3 Å². The minimum Gasteiger partial charge on any atom is -0.312 e. The molecule has 0 unspecified atom stereocenters. The van der Waals surface area contributed by atoms with E-state index in [-0.39, 0.29) is 16.2 Å². The highest BCUT2D eigenvalue weighted by molar-refractivity contribution is 7.92. The first-order valence-electron chi connectivity index (χ1n) is 10.5. The molecule has 0 saturated heterocycles. The highest BCUT2D eigenvalue weighted by Gasteiger charge is 2.25. The summed E-state index contributed by atoms with van der Waals surface area (Å²) in [6, 6.07) is 12.5. The van der Waals surface area contributed by atoms with Gasteiger partial charge in [0.2, 0.25) is 5.91 Å². The molecule has 2 aromatic carbocycles. The number of anilines is 2. The molecule has 0 spiro atoms. The van der Waals surface area contributed by atoms with Crippen LogP contribution in [0.25, 0.3) is 0 Å². The van der Waals surface area contributed by atoms with E-state index in [0.717, 1.165) is 23.2 Å². The number of hydrogen-bond donors (Lipinski definition) is 1. The minimum absolute atomic E-state index is 0.0346. The molecule has 2 aromatic rings. The lowest BCUT2D eigenvalue weighted by atomic mass is 9.87. The SMILES string of the molecule is CC(C)CCN1C(=O)CCc2cc(NS(=O)(=O)c3ccc(C(C)(C)C)cc3)ccc21. The summed E-state index contributed by atoms with van der Waals surface area (Å²) >= 11 is 0. The van der Waals surface area contributed by atoms with E-state index < -0.39 is 10.0 Å². The van der Waals surface area contributed by atoms with E-state index in [1.807, 2.05) is 29.2 Å². The smallest absolute Gasteiger partial charge is 0.261 e. The Morgan fingerprint density at radius 1 is 1.03 bits per heavy atom. The van der Waals surface area contributed by atoms with Crippen molar-refractivity contribution in [1.29, 1.82) is 0 Å². The highest BCUT2D eigenvalue weighted by Crippen LogP contribution is 2.32. The zero-order valence-corrected chi connectivity index (χ0v) is 19.3. The van der Waals surface area contributed by atoms with Gasteiger partial charge in [-0.1, -0.05) is 46.8 Å². The Labute approximate surface area is 180 Å². The predicted octanol–water partition coefficient (Wildman–Crippen LogP) is 5.11. The molecule has 5 nitrogen and oxygen atoms in total. The van der Waals surface area contributed by atoms with E-state index in [1.54, 1.807) is 18.2 Å². The first-order chi connectivity index (χ1) is 14.0. The number of carbonyl (C=O) groups is 1. The molecule has 0 aromatic heterocycles. The maximum atomic E-state index is 12.8. The van der Waals surface area contributed by atoms with Crippen LogP contribution in [-0.2, 0) is 26.7 Å². The van der Waals surface area contributed by atoms with Gasteiger partial charge in [0, 0.05) is 24.3 Å². The van der Waals surface area contributed by atoms with E-state index in [9.17, 15) is 13.2 Å². The number of nitrogens with zero attached hydrogens (tertiary/aromatic N) is 1. The topological polar surface area (TPSA) is 66.5 Å². The first kappa shape index (κ1) is 22.3. The second-order valence-corrected chi connectivity index (χ2v) is 11.1. The van der Waals surface area contributed by atoms with Crippen LogP contribution in [0.15, 0.2) is 47.4 Å². The maximum absolute atomic E-state index is 12.8. The Balaban J connectivity index is 1.81. The Morgan fingerprint density at radius 2 is 1.70 bits per heavy atom. The monoisotopic (exact) mass is 428 g/mol. The molecule has 0 fully saturated rings. The lowest BCUT2D eigenvalue weighted by Gasteiger charge is -2.30. The Kier molecular flexibility index (Phi) is 6.27. The van der Waals surface area contributed by atoms with Gasteiger partial charge in [-0.15, -0.1) is 0 Å². The number of rotatable bonds is 6. The lowest BCUT2D eigenvalue weighted by molar-refractivity contribution is -0.118. The number of hydrogen-bond acceptors (Lipinski definition) is 3. The molecule has 0 saturated carbocycles. The van der Waals surface area contributed by atoms with Crippen molar-refractivity contribution < 1.29 is 13.2 Å². The second kappa shape index (κ2) is 8.42. The minimum atomic E-state index is -3.68. The normalized spacial score (nSPS) is 14.7. The van der Waals surface area contributed by atoms with Crippen LogP contribution in [0.3, 0.4) is 0 Å². The molecular formula is C24H32N2O3S. The van der Waals surface area contributed by atoms with Crippen molar-refractivity contribution in [3.05, 3.63) is 53.6 Å². The lowest BCUT2D eigenvalue weighted by Crippen LogP contribution is -2.36. The van der Waals surface area contributed by atoms with Crippen LogP contribution in [0, 0.1) is 5.92 Å². The predicted molar refractivity (Wildman–Crippen MR) is 123 cm³/mol. The summed E-state index contributed by atoms with van der Waals surface area (Å²) in [5.41, 5.74) is 3.46. The van der Waals surface area contributed by atoms with Gasteiger partial charge in [0.15, 0.2) is 0 Å². The third-order valence-electron chi connectivity index (χ3n) is 5.49. The molecule has 1 heterocycles. The van der Waals surface area contributed by atoms with E-state index in [1.165, 1.54) is 0 Å². The van der Waals surface area contributed by atoms with Gasteiger partial charge in [-0.05, 0) is 65.6 Å². The van der Waals surface area contributed by atoms with Gasteiger partial charge in [-0.25, -0.2) is 8.42 Å². The van der Waals surface area contributed by atoms with Gasteiger partial charge in [-0.2, -0.15) is 0 Å². The van der Waals surface area contributed by atoms with Crippen LogP contribution in [0.4, 0.5) is 11.4 Å².